The highest BCUT2D eigenvalue weighted by molar-refractivity contribution is 7.92. The number of benzene rings is 2. The molecule has 4 aromatic rings. The lowest BCUT2D eigenvalue weighted by molar-refractivity contribution is -0.119. The Hall–Kier alpha value is -4.58. The quantitative estimate of drug-likeness (QED) is 0.317. The summed E-state index contributed by atoms with van der Waals surface area (Å²) in [5, 5.41) is 2.54. The molecule has 4 rings (SSSR count). The van der Waals surface area contributed by atoms with Gasteiger partial charge >= 0.3 is 5.97 Å². The van der Waals surface area contributed by atoms with Crippen molar-refractivity contribution in [2.24, 2.45) is 0 Å². The number of carbonyl (C=O) groups excluding carboxylic acids is 2. The van der Waals surface area contributed by atoms with Crippen LogP contribution in [0.5, 0.6) is 0 Å². The van der Waals surface area contributed by atoms with Gasteiger partial charge in [0.1, 0.15) is 5.82 Å². The first-order valence-corrected chi connectivity index (χ1v) is 11.8. The van der Waals surface area contributed by atoms with Crippen molar-refractivity contribution in [2.45, 2.75) is 11.8 Å². The Kier molecular flexibility index (Phi) is 6.83. The van der Waals surface area contributed by atoms with E-state index < -0.39 is 28.5 Å². The lowest BCUT2D eigenvalue weighted by Gasteiger charge is -2.09. The van der Waals surface area contributed by atoms with Crippen LogP contribution in [0.3, 0.4) is 0 Å². The van der Waals surface area contributed by atoms with E-state index in [4.69, 9.17) is 4.74 Å². The van der Waals surface area contributed by atoms with Crippen molar-refractivity contribution in [1.82, 2.24) is 19.9 Å². The van der Waals surface area contributed by atoms with Crippen LogP contribution in [0.15, 0.2) is 78.1 Å². The van der Waals surface area contributed by atoms with Crippen LogP contribution in [0.1, 0.15) is 16.1 Å². The number of aryl methyl sites for hydroxylation is 1. The SMILES string of the molecule is Cc1ccnc(NS(=O)(=O)c2ccc(NC(=O)COC(=O)c3ccc(-c4ncc[nH]4)cc3)cc2)n1. The molecule has 12 heteroatoms. The van der Waals surface area contributed by atoms with Crippen LogP contribution in [0, 0.1) is 6.92 Å². The molecule has 3 N–H and O–H groups in total. The number of H-pyrrole nitrogens is 1. The van der Waals surface area contributed by atoms with Gasteiger partial charge in [-0.2, -0.15) is 0 Å². The number of ether oxygens (including phenoxy) is 1. The summed E-state index contributed by atoms with van der Waals surface area (Å²) < 4.78 is 32.4. The van der Waals surface area contributed by atoms with Crippen molar-refractivity contribution in [2.75, 3.05) is 16.6 Å². The number of aromatic amines is 1. The summed E-state index contributed by atoms with van der Waals surface area (Å²) in [7, 11) is -3.91. The molecule has 35 heavy (non-hydrogen) atoms. The first kappa shape index (κ1) is 23.6. The smallest absolute Gasteiger partial charge is 0.338 e. The van der Waals surface area contributed by atoms with Gasteiger partial charge in [-0.25, -0.2) is 32.9 Å². The minimum Gasteiger partial charge on any atom is -0.452 e. The van der Waals surface area contributed by atoms with Gasteiger partial charge in [0.2, 0.25) is 5.95 Å². The molecule has 0 aliphatic rings. The van der Waals surface area contributed by atoms with Crippen LogP contribution in [0.2, 0.25) is 0 Å². The lowest BCUT2D eigenvalue weighted by atomic mass is 10.1. The third kappa shape index (κ3) is 6.06. The van der Waals surface area contributed by atoms with Crippen LogP contribution in [0.25, 0.3) is 11.4 Å². The summed E-state index contributed by atoms with van der Waals surface area (Å²) in [6.07, 6.45) is 4.77. The van der Waals surface area contributed by atoms with Crippen molar-refractivity contribution in [3.8, 4) is 11.4 Å². The zero-order chi connectivity index (χ0) is 24.8. The van der Waals surface area contributed by atoms with Gasteiger partial charge in [-0.15, -0.1) is 0 Å². The third-order valence-corrected chi connectivity index (χ3v) is 6.04. The van der Waals surface area contributed by atoms with E-state index in [9.17, 15) is 18.0 Å². The fourth-order valence-electron chi connectivity index (χ4n) is 2.99. The molecule has 178 valence electrons. The number of anilines is 2. The van der Waals surface area contributed by atoms with E-state index in [2.05, 4.69) is 30.0 Å². The Morgan fingerprint density at radius 2 is 1.71 bits per heavy atom. The molecule has 2 aromatic heterocycles. The maximum Gasteiger partial charge on any atom is 0.338 e. The van der Waals surface area contributed by atoms with Gasteiger partial charge in [-0.3, -0.25) is 4.79 Å². The van der Waals surface area contributed by atoms with Crippen molar-refractivity contribution >= 4 is 33.5 Å². The maximum absolute atomic E-state index is 12.5. The predicted octanol–water partition coefficient (Wildman–Crippen LogP) is 2.77. The molecule has 0 fully saturated rings. The number of hydrogen-bond acceptors (Lipinski definition) is 8. The zero-order valence-corrected chi connectivity index (χ0v) is 19.2. The second kappa shape index (κ2) is 10.1. The van der Waals surface area contributed by atoms with E-state index in [1.807, 2.05) is 0 Å². The molecule has 1 amide bonds. The second-order valence-corrected chi connectivity index (χ2v) is 8.97. The number of sulfonamides is 1. The van der Waals surface area contributed by atoms with Gasteiger partial charge in [0.15, 0.2) is 6.61 Å². The minimum atomic E-state index is -3.91. The van der Waals surface area contributed by atoms with Crippen LogP contribution in [-0.4, -0.2) is 46.8 Å². The first-order chi connectivity index (χ1) is 16.8. The molecule has 0 saturated heterocycles. The number of nitrogens with zero attached hydrogens (tertiary/aromatic N) is 3. The van der Waals surface area contributed by atoms with Crippen molar-refractivity contribution in [3.05, 3.63) is 84.4 Å². The average Bonchev–Trinajstić information content (AvgIpc) is 3.38. The maximum atomic E-state index is 12.5. The van der Waals surface area contributed by atoms with E-state index in [0.29, 0.717) is 17.2 Å². The molecule has 0 bridgehead atoms. The molecule has 0 aliphatic carbocycles. The first-order valence-electron chi connectivity index (χ1n) is 10.3. The molecular formula is C23H20N6O5S. The summed E-state index contributed by atoms with van der Waals surface area (Å²) >= 11 is 0. The molecule has 2 aromatic carbocycles. The lowest BCUT2D eigenvalue weighted by Crippen LogP contribution is -2.21. The Bertz CT molecular complexity index is 1440. The van der Waals surface area contributed by atoms with Gasteiger partial charge < -0.3 is 15.0 Å². The largest absolute Gasteiger partial charge is 0.452 e. The molecule has 0 radical (unpaired) electrons. The topological polar surface area (TPSA) is 156 Å². The number of carbonyl (C=O) groups is 2. The van der Waals surface area contributed by atoms with Gasteiger partial charge in [0.25, 0.3) is 15.9 Å². The Labute approximate surface area is 200 Å². The molecular weight excluding hydrogens is 472 g/mol. The van der Waals surface area contributed by atoms with Crippen molar-refractivity contribution in [1.29, 1.82) is 0 Å². The highest BCUT2D eigenvalue weighted by atomic mass is 32.2. The summed E-state index contributed by atoms with van der Waals surface area (Å²) in [5.74, 6) is -0.605. The molecule has 0 unspecified atom stereocenters. The van der Waals surface area contributed by atoms with Gasteiger partial charge in [-0.05, 0) is 49.4 Å². The van der Waals surface area contributed by atoms with Gasteiger partial charge in [0.05, 0.1) is 10.5 Å². The fraction of sp³-hybridized carbons (Fsp3) is 0.0870. The van der Waals surface area contributed by atoms with Gasteiger partial charge in [-0.1, -0.05) is 12.1 Å². The summed E-state index contributed by atoms with van der Waals surface area (Å²) in [4.78, 5) is 39.3. The monoisotopic (exact) mass is 492 g/mol. The standard InChI is InChI=1S/C23H20N6O5S/c1-15-10-11-26-23(27-15)29-35(32,33)19-8-6-18(7-9-19)28-20(30)14-34-22(31)17-4-2-16(3-5-17)21-24-12-13-25-21/h2-13H,14H2,1H3,(H,24,25)(H,28,30)(H,26,27,29). The van der Waals surface area contributed by atoms with Gasteiger partial charge in [0, 0.05) is 35.5 Å². The highest BCUT2D eigenvalue weighted by Gasteiger charge is 2.16. The summed E-state index contributed by atoms with van der Waals surface area (Å²) in [6, 6.07) is 13.7. The van der Waals surface area contributed by atoms with Crippen LogP contribution < -0.4 is 10.0 Å². The Balaban J connectivity index is 1.30. The predicted molar refractivity (Wildman–Crippen MR) is 127 cm³/mol. The number of aromatic nitrogens is 4. The minimum absolute atomic E-state index is 0.0370. The fourth-order valence-corrected chi connectivity index (χ4v) is 3.94. The highest BCUT2D eigenvalue weighted by Crippen LogP contribution is 2.17. The van der Waals surface area contributed by atoms with Crippen LogP contribution in [-0.2, 0) is 19.6 Å². The second-order valence-electron chi connectivity index (χ2n) is 7.29. The molecule has 0 spiro atoms. The molecule has 0 saturated carbocycles. The number of imidazole rings is 1. The number of hydrogen-bond donors (Lipinski definition) is 3. The third-order valence-electron chi connectivity index (χ3n) is 4.70. The summed E-state index contributed by atoms with van der Waals surface area (Å²) in [5.41, 5.74) is 2.03. The van der Waals surface area contributed by atoms with Crippen molar-refractivity contribution < 1.29 is 22.7 Å². The molecule has 2 heterocycles. The molecule has 0 atom stereocenters. The summed E-state index contributed by atoms with van der Waals surface area (Å²) in [6.45, 7) is 1.21. The number of nitrogens with one attached hydrogen (secondary N) is 3. The average molecular weight is 493 g/mol. The van der Waals surface area contributed by atoms with E-state index >= 15 is 0 Å². The zero-order valence-electron chi connectivity index (χ0n) is 18.4. The molecule has 11 nitrogen and oxygen atoms in total. The van der Waals surface area contributed by atoms with Crippen LogP contribution >= 0.6 is 0 Å². The normalized spacial score (nSPS) is 11.0. The number of rotatable bonds is 8. The van der Waals surface area contributed by atoms with E-state index in [-0.39, 0.29) is 16.4 Å². The Morgan fingerprint density at radius 1 is 0.971 bits per heavy atom. The van der Waals surface area contributed by atoms with E-state index in [1.165, 1.54) is 30.5 Å². The van der Waals surface area contributed by atoms with E-state index in [0.717, 1.165) is 5.56 Å². The van der Waals surface area contributed by atoms with Crippen molar-refractivity contribution in [3.63, 3.8) is 0 Å². The number of esters is 1. The molecule has 0 aliphatic heterocycles. The van der Waals surface area contributed by atoms with E-state index in [1.54, 1.807) is 49.6 Å². The number of amides is 1. The van der Waals surface area contributed by atoms with Crippen LogP contribution in [0.4, 0.5) is 11.6 Å². The Morgan fingerprint density at radius 3 is 2.37 bits per heavy atom.